The second-order valence-corrected chi connectivity index (χ2v) is 11.4. The number of carboxylic acids is 1. The number of amides is 1. The highest BCUT2D eigenvalue weighted by atomic mass is 32.2. The molecule has 42 heavy (non-hydrogen) atoms. The molecule has 3 unspecified atom stereocenters. The summed E-state index contributed by atoms with van der Waals surface area (Å²) in [4.78, 5) is 24.2. The van der Waals surface area contributed by atoms with Crippen molar-refractivity contribution >= 4 is 29.3 Å². The molecule has 0 aromatic heterocycles. The van der Waals surface area contributed by atoms with Crippen molar-refractivity contribution in [2.45, 2.75) is 74.9 Å². The summed E-state index contributed by atoms with van der Waals surface area (Å²) < 4.78 is 18.5. The first kappa shape index (κ1) is 31.6. The van der Waals surface area contributed by atoms with Crippen molar-refractivity contribution in [2.75, 3.05) is 18.2 Å². The lowest BCUT2D eigenvalue weighted by Gasteiger charge is -2.36. The van der Waals surface area contributed by atoms with Crippen molar-refractivity contribution in [1.29, 1.82) is 0 Å². The number of hydrogen-bond donors (Lipinski definition) is 3. The molecule has 4 rings (SSSR count). The van der Waals surface area contributed by atoms with Gasteiger partial charge >= 0.3 is 5.97 Å². The number of aliphatic hydroxyl groups is 1. The number of aliphatic carboxylic acids is 1. The van der Waals surface area contributed by atoms with E-state index < -0.39 is 12.3 Å². The van der Waals surface area contributed by atoms with E-state index in [1.807, 2.05) is 72.8 Å². The molecule has 3 atom stereocenters. The first-order valence-corrected chi connectivity index (χ1v) is 15.3. The Bertz CT molecular complexity index is 1300. The number of carboxylic acid groups (broad SMARTS) is 1. The van der Waals surface area contributed by atoms with Crippen LogP contribution >= 0.6 is 11.8 Å². The number of carbonyl (C=O) groups is 2. The number of unbranched alkanes of at least 4 members (excludes halogenated alkanes) is 3. The lowest BCUT2D eigenvalue weighted by molar-refractivity contribution is -0.245. The van der Waals surface area contributed by atoms with Gasteiger partial charge in [0.05, 0.1) is 25.9 Å². The zero-order chi connectivity index (χ0) is 29.7. The minimum atomic E-state index is -0.786. The fourth-order valence-electron chi connectivity index (χ4n) is 4.85. The van der Waals surface area contributed by atoms with E-state index in [0.717, 1.165) is 40.2 Å². The summed E-state index contributed by atoms with van der Waals surface area (Å²) in [5, 5.41) is 21.2. The van der Waals surface area contributed by atoms with Crippen molar-refractivity contribution < 1.29 is 34.0 Å². The van der Waals surface area contributed by atoms with Crippen LogP contribution in [0.5, 0.6) is 5.75 Å². The highest BCUT2D eigenvalue weighted by Crippen LogP contribution is 2.40. The molecule has 9 heteroatoms. The van der Waals surface area contributed by atoms with E-state index in [1.54, 1.807) is 18.9 Å². The lowest BCUT2D eigenvalue weighted by Crippen LogP contribution is -2.31. The number of methoxy groups -OCH3 is 1. The van der Waals surface area contributed by atoms with E-state index in [9.17, 15) is 14.7 Å². The van der Waals surface area contributed by atoms with Crippen LogP contribution in [-0.4, -0.2) is 41.1 Å². The topological polar surface area (TPSA) is 114 Å². The molecule has 0 spiro atoms. The molecule has 1 aliphatic rings. The molecule has 1 fully saturated rings. The van der Waals surface area contributed by atoms with Crippen LogP contribution in [0.25, 0.3) is 0 Å². The molecule has 0 aliphatic carbocycles. The Labute approximate surface area is 251 Å². The molecule has 1 heterocycles. The lowest BCUT2D eigenvalue weighted by atomic mass is 10.0. The number of para-hydroxylation sites is 1. The van der Waals surface area contributed by atoms with Gasteiger partial charge in [0.15, 0.2) is 6.29 Å². The number of ether oxygens (including phenoxy) is 3. The van der Waals surface area contributed by atoms with Gasteiger partial charge in [-0.1, -0.05) is 61.4 Å². The second-order valence-electron chi connectivity index (χ2n) is 10.3. The van der Waals surface area contributed by atoms with Crippen LogP contribution in [0.2, 0.25) is 0 Å². The Hall–Kier alpha value is -3.37. The summed E-state index contributed by atoms with van der Waals surface area (Å²) >= 11 is 1.68. The molecule has 1 aliphatic heterocycles. The SMILES string of the molecule is COc1ccccc1SCC1CC(c2ccc(CO)cc2)OC(c2cccc(NC(=O)CCCCCCC(=O)O)c2)O1. The summed E-state index contributed by atoms with van der Waals surface area (Å²) in [5.41, 5.74) is 3.34. The minimum absolute atomic E-state index is 0.0149. The Kier molecular flexibility index (Phi) is 12.3. The normalized spacial score (nSPS) is 18.4. The van der Waals surface area contributed by atoms with E-state index in [0.29, 0.717) is 37.1 Å². The van der Waals surface area contributed by atoms with Crippen molar-refractivity contribution in [3.8, 4) is 5.75 Å². The summed E-state index contributed by atoms with van der Waals surface area (Å²) in [6.45, 7) is -0.0149. The van der Waals surface area contributed by atoms with Gasteiger partial charge in [-0.2, -0.15) is 0 Å². The predicted octanol–water partition coefficient (Wildman–Crippen LogP) is 6.89. The molecule has 8 nitrogen and oxygen atoms in total. The van der Waals surface area contributed by atoms with Crippen molar-refractivity contribution in [1.82, 2.24) is 0 Å². The van der Waals surface area contributed by atoms with E-state index in [2.05, 4.69) is 5.32 Å². The summed E-state index contributed by atoms with van der Waals surface area (Å²) in [6, 6.07) is 23.2. The number of benzene rings is 3. The van der Waals surface area contributed by atoms with Crippen LogP contribution in [0, 0.1) is 0 Å². The van der Waals surface area contributed by atoms with Gasteiger partial charge in [-0.25, -0.2) is 0 Å². The molecule has 3 aromatic rings. The molecule has 0 saturated carbocycles. The molecule has 224 valence electrons. The quantitative estimate of drug-likeness (QED) is 0.129. The Morgan fingerprint density at radius 3 is 2.43 bits per heavy atom. The van der Waals surface area contributed by atoms with Crippen molar-refractivity contribution in [2.24, 2.45) is 0 Å². The zero-order valence-electron chi connectivity index (χ0n) is 23.9. The van der Waals surface area contributed by atoms with Gasteiger partial charge in [0.1, 0.15) is 5.75 Å². The third-order valence-electron chi connectivity index (χ3n) is 7.10. The van der Waals surface area contributed by atoms with Gasteiger partial charge in [-0.15, -0.1) is 11.8 Å². The van der Waals surface area contributed by atoms with Crippen LogP contribution in [0.4, 0.5) is 5.69 Å². The number of carbonyl (C=O) groups excluding carboxylic acids is 1. The summed E-state index contributed by atoms with van der Waals surface area (Å²) in [7, 11) is 1.67. The molecule has 0 radical (unpaired) electrons. The van der Waals surface area contributed by atoms with Crippen LogP contribution in [0.1, 0.15) is 74.0 Å². The van der Waals surface area contributed by atoms with Crippen LogP contribution in [-0.2, 0) is 25.7 Å². The summed E-state index contributed by atoms with van der Waals surface area (Å²) in [5.74, 6) is 0.662. The largest absolute Gasteiger partial charge is 0.496 e. The minimum Gasteiger partial charge on any atom is -0.496 e. The fourth-order valence-corrected chi connectivity index (χ4v) is 5.89. The highest BCUT2D eigenvalue weighted by molar-refractivity contribution is 7.99. The maximum atomic E-state index is 12.6. The first-order valence-electron chi connectivity index (χ1n) is 14.3. The van der Waals surface area contributed by atoms with Gasteiger partial charge in [-0.05, 0) is 48.2 Å². The van der Waals surface area contributed by atoms with Crippen molar-refractivity contribution in [3.63, 3.8) is 0 Å². The molecular formula is C33H39NO7S. The number of rotatable bonds is 15. The third-order valence-corrected chi connectivity index (χ3v) is 8.28. The highest BCUT2D eigenvalue weighted by Gasteiger charge is 2.32. The second kappa shape index (κ2) is 16.3. The standard InChI is InChI=1S/C33H39NO7S/c1-39-28-11-6-7-12-30(28)42-22-27-20-29(24-17-15-23(21-35)16-18-24)41-33(40-27)25-9-8-10-26(19-25)34-31(36)13-4-2-3-5-14-32(37)38/h6-12,15-19,27,29,33,35H,2-5,13-14,20-22H2,1H3,(H,34,36)(H,37,38). The van der Waals surface area contributed by atoms with Crippen LogP contribution in [0.3, 0.4) is 0 Å². The van der Waals surface area contributed by atoms with Gasteiger partial charge in [-0.3, -0.25) is 9.59 Å². The first-order chi connectivity index (χ1) is 20.4. The van der Waals surface area contributed by atoms with E-state index in [-0.39, 0.29) is 31.1 Å². The van der Waals surface area contributed by atoms with Crippen molar-refractivity contribution in [3.05, 3.63) is 89.5 Å². The smallest absolute Gasteiger partial charge is 0.303 e. The molecule has 0 bridgehead atoms. The van der Waals surface area contributed by atoms with Crippen LogP contribution < -0.4 is 10.1 Å². The van der Waals surface area contributed by atoms with Gasteiger partial charge < -0.3 is 29.7 Å². The monoisotopic (exact) mass is 593 g/mol. The van der Waals surface area contributed by atoms with Gasteiger partial charge in [0, 0.05) is 41.2 Å². The maximum Gasteiger partial charge on any atom is 0.303 e. The zero-order valence-corrected chi connectivity index (χ0v) is 24.7. The van der Waals surface area contributed by atoms with Gasteiger partial charge in [0.25, 0.3) is 0 Å². The Morgan fingerprint density at radius 1 is 0.929 bits per heavy atom. The molecule has 3 aromatic carbocycles. The fraction of sp³-hybridized carbons (Fsp3) is 0.394. The average molecular weight is 594 g/mol. The van der Waals surface area contributed by atoms with Crippen LogP contribution in [0.15, 0.2) is 77.7 Å². The van der Waals surface area contributed by atoms with E-state index >= 15 is 0 Å². The number of nitrogens with one attached hydrogen (secondary N) is 1. The Morgan fingerprint density at radius 2 is 1.69 bits per heavy atom. The Balaban J connectivity index is 1.42. The molecule has 3 N–H and O–H groups in total. The van der Waals surface area contributed by atoms with E-state index in [1.165, 1.54) is 0 Å². The predicted molar refractivity (Wildman–Crippen MR) is 163 cm³/mol. The van der Waals surface area contributed by atoms with Gasteiger partial charge in [0.2, 0.25) is 5.91 Å². The number of anilines is 1. The van der Waals surface area contributed by atoms with E-state index in [4.69, 9.17) is 19.3 Å². The molecule has 1 amide bonds. The molecule has 1 saturated heterocycles. The summed E-state index contributed by atoms with van der Waals surface area (Å²) in [6.07, 6.45) is 3.22. The number of aliphatic hydroxyl groups excluding tert-OH is 1. The average Bonchev–Trinajstić information content (AvgIpc) is 3.01. The third kappa shape index (κ3) is 9.59. The number of hydrogen-bond acceptors (Lipinski definition) is 7. The number of thioether (sulfide) groups is 1. The molecular weight excluding hydrogens is 554 g/mol. The maximum absolute atomic E-state index is 12.6.